The number of benzene rings is 2. The fraction of sp³-hybridized carbons (Fsp3) is 0.0417. The molecule has 0 unspecified atom stereocenters. The Hall–Kier alpha value is -3.68. The Morgan fingerprint density at radius 1 is 0.906 bits per heavy atom. The number of carbonyl (C=O) groups is 2. The third-order valence-corrected chi connectivity index (χ3v) is 5.92. The third kappa shape index (κ3) is 4.80. The van der Waals surface area contributed by atoms with Gasteiger partial charge in [0.25, 0.3) is 17.4 Å². The van der Waals surface area contributed by atoms with Gasteiger partial charge in [-0.1, -0.05) is 29.3 Å². The van der Waals surface area contributed by atoms with E-state index in [2.05, 4.69) is 10.6 Å². The van der Waals surface area contributed by atoms with Crippen molar-refractivity contribution in [2.24, 2.45) is 0 Å². The molecule has 2 N–H and O–H groups in total. The zero-order chi connectivity index (χ0) is 22.7. The molecule has 160 valence electrons. The number of anilines is 2. The summed E-state index contributed by atoms with van der Waals surface area (Å²) < 4.78 is 2.02. The van der Waals surface area contributed by atoms with Gasteiger partial charge >= 0.3 is 0 Å². The highest BCUT2D eigenvalue weighted by Crippen LogP contribution is 2.25. The first-order valence-electron chi connectivity index (χ1n) is 9.67. The summed E-state index contributed by atoms with van der Waals surface area (Å²) in [6, 6.07) is 20.4. The molecule has 0 saturated heterocycles. The Bertz CT molecular complexity index is 1360. The summed E-state index contributed by atoms with van der Waals surface area (Å²) in [5.74, 6) is -0.699. The largest absolute Gasteiger partial charge is 0.322 e. The molecule has 0 bridgehead atoms. The van der Waals surface area contributed by atoms with E-state index in [1.54, 1.807) is 66.9 Å². The second-order valence-electron chi connectivity index (χ2n) is 7.02. The van der Waals surface area contributed by atoms with Gasteiger partial charge in [0.2, 0.25) is 0 Å². The average molecular weight is 464 g/mol. The van der Waals surface area contributed by atoms with Gasteiger partial charge in [-0.2, -0.15) is 0 Å². The summed E-state index contributed by atoms with van der Waals surface area (Å²) in [6.07, 6.45) is 1.68. The number of halogens is 1. The molecule has 2 aromatic heterocycles. The van der Waals surface area contributed by atoms with Crippen LogP contribution in [0.5, 0.6) is 0 Å². The second kappa shape index (κ2) is 9.21. The van der Waals surface area contributed by atoms with Gasteiger partial charge in [0.05, 0.1) is 20.5 Å². The normalized spacial score (nSPS) is 10.6. The summed E-state index contributed by atoms with van der Waals surface area (Å²) in [6.45, 7) is 1.87. The van der Waals surface area contributed by atoms with Crippen LogP contribution >= 0.6 is 22.9 Å². The number of nitrogens with one attached hydrogen (secondary N) is 2. The number of aromatic nitrogens is 1. The number of carbonyl (C=O) groups excluding carboxylic acids is 2. The molecule has 2 amide bonds. The number of amides is 2. The molecule has 0 aliphatic heterocycles. The van der Waals surface area contributed by atoms with Crippen molar-refractivity contribution in [3.8, 4) is 5.69 Å². The summed E-state index contributed by atoms with van der Waals surface area (Å²) in [5, 5.41) is 5.62. The first-order chi connectivity index (χ1) is 15.4. The van der Waals surface area contributed by atoms with E-state index in [1.807, 2.05) is 13.0 Å². The molecule has 32 heavy (non-hydrogen) atoms. The summed E-state index contributed by atoms with van der Waals surface area (Å²) in [7, 11) is 0. The minimum Gasteiger partial charge on any atom is -0.322 e. The van der Waals surface area contributed by atoms with Crippen molar-refractivity contribution in [1.29, 1.82) is 0 Å². The maximum absolute atomic E-state index is 13.0. The van der Waals surface area contributed by atoms with E-state index in [4.69, 9.17) is 11.6 Å². The standard InChI is InChI=1S/C24H18ClN3O3S/c1-15-5-10-19(27-24(31)20-11-12-21(25)32-20)18(14-15)23(30)26-16-6-8-17(9-7-16)28-13-3-2-4-22(28)29/h2-14H,1H3,(H,26,30)(H,27,31). The van der Waals surface area contributed by atoms with Gasteiger partial charge in [-0.25, -0.2) is 0 Å². The maximum Gasteiger partial charge on any atom is 0.265 e. The Morgan fingerprint density at radius 3 is 2.38 bits per heavy atom. The van der Waals surface area contributed by atoms with Crippen molar-refractivity contribution in [2.45, 2.75) is 6.92 Å². The SMILES string of the molecule is Cc1ccc(NC(=O)c2ccc(Cl)s2)c(C(=O)Nc2ccc(-n3ccccc3=O)cc2)c1. The van der Waals surface area contributed by atoms with Gasteiger partial charge in [-0.05, 0) is 61.5 Å². The fourth-order valence-corrected chi connectivity index (χ4v) is 4.06. The van der Waals surface area contributed by atoms with Crippen LogP contribution < -0.4 is 16.2 Å². The number of hydrogen-bond donors (Lipinski definition) is 2. The Labute approximate surface area is 193 Å². The quantitative estimate of drug-likeness (QED) is 0.417. The third-order valence-electron chi connectivity index (χ3n) is 4.69. The van der Waals surface area contributed by atoms with E-state index in [-0.39, 0.29) is 17.4 Å². The number of hydrogen-bond acceptors (Lipinski definition) is 4. The highest BCUT2D eigenvalue weighted by Gasteiger charge is 2.16. The molecule has 0 aliphatic rings. The van der Waals surface area contributed by atoms with Crippen molar-refractivity contribution in [2.75, 3.05) is 10.6 Å². The summed E-state index contributed by atoms with van der Waals surface area (Å²) in [4.78, 5) is 37.9. The van der Waals surface area contributed by atoms with Gasteiger partial charge in [0, 0.05) is 23.6 Å². The number of aryl methyl sites for hydroxylation is 1. The van der Waals surface area contributed by atoms with Crippen molar-refractivity contribution < 1.29 is 9.59 Å². The van der Waals surface area contributed by atoms with Gasteiger partial charge in [0.1, 0.15) is 0 Å². The lowest BCUT2D eigenvalue weighted by molar-refractivity contribution is 0.102. The number of nitrogens with zero attached hydrogens (tertiary/aromatic N) is 1. The zero-order valence-electron chi connectivity index (χ0n) is 17.0. The molecule has 8 heteroatoms. The Morgan fingerprint density at radius 2 is 1.69 bits per heavy atom. The predicted octanol–water partition coefficient (Wildman–Crippen LogP) is 5.37. The predicted molar refractivity (Wildman–Crippen MR) is 128 cm³/mol. The molecule has 0 fully saturated rings. The lowest BCUT2D eigenvalue weighted by atomic mass is 10.1. The monoisotopic (exact) mass is 463 g/mol. The lowest BCUT2D eigenvalue weighted by Crippen LogP contribution is -2.18. The van der Waals surface area contributed by atoms with Crippen molar-refractivity contribution in [1.82, 2.24) is 4.57 Å². The van der Waals surface area contributed by atoms with E-state index >= 15 is 0 Å². The number of thiophene rings is 1. The molecule has 4 aromatic rings. The first kappa shape index (κ1) is 21.5. The molecular weight excluding hydrogens is 446 g/mol. The minimum absolute atomic E-state index is 0.142. The van der Waals surface area contributed by atoms with Crippen LogP contribution in [0.2, 0.25) is 4.34 Å². The van der Waals surface area contributed by atoms with Gasteiger partial charge in [0.15, 0.2) is 0 Å². The van der Waals surface area contributed by atoms with Crippen LogP contribution in [-0.2, 0) is 0 Å². The van der Waals surface area contributed by atoms with E-state index < -0.39 is 0 Å². The molecule has 0 saturated carbocycles. The topological polar surface area (TPSA) is 80.2 Å². The number of rotatable bonds is 5. The van der Waals surface area contributed by atoms with Gasteiger partial charge < -0.3 is 10.6 Å². The van der Waals surface area contributed by atoms with Gasteiger partial charge in [-0.3, -0.25) is 19.0 Å². The maximum atomic E-state index is 13.0. The van der Waals surface area contributed by atoms with Crippen molar-refractivity contribution in [3.05, 3.63) is 110 Å². The molecule has 4 rings (SSSR count). The van der Waals surface area contributed by atoms with Gasteiger partial charge in [-0.15, -0.1) is 11.3 Å². The van der Waals surface area contributed by atoms with E-state index in [1.165, 1.54) is 10.6 Å². The highest BCUT2D eigenvalue weighted by molar-refractivity contribution is 7.18. The first-order valence-corrected chi connectivity index (χ1v) is 10.9. The second-order valence-corrected chi connectivity index (χ2v) is 8.73. The van der Waals surface area contributed by atoms with Crippen molar-refractivity contribution >= 4 is 46.1 Å². The summed E-state index contributed by atoms with van der Waals surface area (Å²) >= 11 is 7.08. The highest BCUT2D eigenvalue weighted by atomic mass is 35.5. The molecular formula is C24H18ClN3O3S. The minimum atomic E-state index is -0.363. The lowest BCUT2D eigenvalue weighted by Gasteiger charge is -2.13. The van der Waals surface area contributed by atoms with E-state index in [9.17, 15) is 14.4 Å². The number of pyridine rings is 1. The smallest absolute Gasteiger partial charge is 0.265 e. The van der Waals surface area contributed by atoms with Crippen LogP contribution in [0.4, 0.5) is 11.4 Å². The van der Waals surface area contributed by atoms with Crippen LogP contribution in [0.15, 0.2) is 83.8 Å². The molecule has 0 atom stereocenters. The Kier molecular flexibility index (Phi) is 6.20. The Balaban J connectivity index is 1.54. The molecule has 2 aromatic carbocycles. The van der Waals surface area contributed by atoms with Crippen LogP contribution in [0.25, 0.3) is 5.69 Å². The van der Waals surface area contributed by atoms with Crippen LogP contribution in [0.1, 0.15) is 25.6 Å². The van der Waals surface area contributed by atoms with Crippen molar-refractivity contribution in [3.63, 3.8) is 0 Å². The molecule has 0 radical (unpaired) electrons. The molecule has 6 nitrogen and oxygen atoms in total. The van der Waals surface area contributed by atoms with Crippen LogP contribution in [0, 0.1) is 6.92 Å². The molecule has 2 heterocycles. The van der Waals surface area contributed by atoms with E-state index in [0.717, 1.165) is 16.9 Å². The average Bonchev–Trinajstić information content (AvgIpc) is 3.22. The van der Waals surface area contributed by atoms with E-state index in [0.29, 0.717) is 31.8 Å². The van der Waals surface area contributed by atoms with Crippen LogP contribution in [0.3, 0.4) is 0 Å². The molecule has 0 spiro atoms. The fourth-order valence-electron chi connectivity index (χ4n) is 3.12. The summed E-state index contributed by atoms with van der Waals surface area (Å²) in [5.41, 5.74) is 2.72. The van der Waals surface area contributed by atoms with Crippen LogP contribution in [-0.4, -0.2) is 16.4 Å². The molecule has 0 aliphatic carbocycles. The zero-order valence-corrected chi connectivity index (χ0v) is 18.5.